The van der Waals surface area contributed by atoms with Crippen LogP contribution in [-0.2, 0) is 15.8 Å². The Morgan fingerprint density at radius 1 is 0.865 bits per heavy atom. The summed E-state index contributed by atoms with van der Waals surface area (Å²) in [5.41, 5.74) is 1.54. The minimum atomic E-state index is -3.03. The molecule has 2 aromatic rings. The summed E-state index contributed by atoms with van der Waals surface area (Å²) in [4.78, 5) is 16.4. The fraction of sp³-hybridized carbons (Fsp3) is 0.545. The molecule has 0 aliphatic heterocycles. The third-order valence-electron chi connectivity index (χ3n) is 6.95. The van der Waals surface area contributed by atoms with Crippen LogP contribution in [0.5, 0.6) is 0 Å². The van der Waals surface area contributed by atoms with Crippen molar-refractivity contribution < 1.29 is 9.36 Å². The Labute approximate surface area is 227 Å². The van der Waals surface area contributed by atoms with Crippen LogP contribution in [0.1, 0.15) is 84.3 Å². The second kappa shape index (κ2) is 16.0. The monoisotopic (exact) mass is 523 g/mol. The van der Waals surface area contributed by atoms with Gasteiger partial charge >= 0.3 is 0 Å². The molecule has 0 spiro atoms. The SMILES string of the molecule is C=Cc1ccc(CC(C(=O)N(CC(C)C)CC(C)C)P(=O)(CCCCCCCC)c2ccccc2)cc1. The molecular formula is C33H50NO2P. The summed E-state index contributed by atoms with van der Waals surface area (Å²) in [5, 5.41) is 0.846. The lowest BCUT2D eigenvalue weighted by atomic mass is 10.1. The summed E-state index contributed by atoms with van der Waals surface area (Å²) in [6.07, 6.45) is 9.71. The first-order chi connectivity index (χ1) is 17.7. The summed E-state index contributed by atoms with van der Waals surface area (Å²) in [6.45, 7) is 16.1. The molecule has 0 radical (unpaired) electrons. The van der Waals surface area contributed by atoms with Gasteiger partial charge in [-0.05, 0) is 35.8 Å². The number of carbonyl (C=O) groups excluding carboxylic acids is 1. The number of benzene rings is 2. The molecule has 0 saturated heterocycles. The van der Waals surface area contributed by atoms with Crippen molar-refractivity contribution in [1.29, 1.82) is 0 Å². The third kappa shape index (κ3) is 9.93. The van der Waals surface area contributed by atoms with Crippen LogP contribution in [0.3, 0.4) is 0 Å². The van der Waals surface area contributed by atoms with Crippen molar-refractivity contribution in [2.75, 3.05) is 19.3 Å². The molecule has 4 heteroatoms. The van der Waals surface area contributed by atoms with E-state index in [2.05, 4.69) is 53.3 Å². The smallest absolute Gasteiger partial charge is 0.233 e. The van der Waals surface area contributed by atoms with Gasteiger partial charge in [0.2, 0.25) is 5.91 Å². The predicted molar refractivity (Wildman–Crippen MR) is 162 cm³/mol. The largest absolute Gasteiger partial charge is 0.342 e. The average molecular weight is 524 g/mol. The van der Waals surface area contributed by atoms with Crippen LogP contribution in [0.15, 0.2) is 61.2 Å². The normalized spacial score (nSPS) is 13.9. The van der Waals surface area contributed by atoms with Crippen molar-refractivity contribution in [2.45, 2.75) is 85.2 Å². The van der Waals surface area contributed by atoms with E-state index in [0.29, 0.717) is 37.5 Å². The molecule has 0 heterocycles. The highest BCUT2D eigenvalue weighted by molar-refractivity contribution is 7.73. The van der Waals surface area contributed by atoms with Crippen molar-refractivity contribution in [2.24, 2.45) is 11.8 Å². The third-order valence-corrected chi connectivity index (χ3v) is 10.5. The molecule has 0 aromatic heterocycles. The molecule has 0 bridgehead atoms. The van der Waals surface area contributed by atoms with Gasteiger partial charge in [0.05, 0.1) is 5.66 Å². The van der Waals surface area contributed by atoms with Crippen molar-refractivity contribution in [1.82, 2.24) is 4.90 Å². The molecule has 3 nitrogen and oxygen atoms in total. The highest BCUT2D eigenvalue weighted by Gasteiger charge is 2.41. The molecule has 0 aliphatic carbocycles. The Balaban J connectivity index is 2.49. The predicted octanol–water partition coefficient (Wildman–Crippen LogP) is 8.43. The van der Waals surface area contributed by atoms with Crippen LogP contribution >= 0.6 is 7.14 Å². The first kappa shape index (κ1) is 31.1. The van der Waals surface area contributed by atoms with Gasteiger partial charge in [0.25, 0.3) is 0 Å². The van der Waals surface area contributed by atoms with Crippen molar-refractivity contribution >= 4 is 24.4 Å². The van der Waals surface area contributed by atoms with Gasteiger partial charge in [-0.15, -0.1) is 0 Å². The minimum absolute atomic E-state index is 0.0494. The number of amides is 1. The molecule has 2 unspecified atom stereocenters. The van der Waals surface area contributed by atoms with Gasteiger partial charge in [-0.2, -0.15) is 0 Å². The zero-order chi connectivity index (χ0) is 27.3. The molecule has 1 amide bonds. The zero-order valence-corrected chi connectivity index (χ0v) is 24.9. The van der Waals surface area contributed by atoms with E-state index < -0.39 is 12.8 Å². The van der Waals surface area contributed by atoms with Gasteiger partial charge in [0.1, 0.15) is 7.14 Å². The molecule has 2 atom stereocenters. The first-order valence-corrected chi connectivity index (χ1v) is 16.3. The fourth-order valence-corrected chi connectivity index (χ4v) is 8.37. The maximum Gasteiger partial charge on any atom is 0.233 e. The topological polar surface area (TPSA) is 37.4 Å². The molecule has 2 aromatic carbocycles. The van der Waals surface area contributed by atoms with E-state index in [1.807, 2.05) is 53.4 Å². The van der Waals surface area contributed by atoms with E-state index in [-0.39, 0.29) is 5.91 Å². The molecule has 0 saturated carbocycles. The summed E-state index contributed by atoms with van der Waals surface area (Å²) >= 11 is 0. The summed E-state index contributed by atoms with van der Waals surface area (Å²) in [7, 11) is -3.03. The van der Waals surface area contributed by atoms with Crippen LogP contribution in [-0.4, -0.2) is 35.7 Å². The summed E-state index contributed by atoms with van der Waals surface area (Å²) in [5.74, 6) is 0.753. The van der Waals surface area contributed by atoms with Crippen molar-refractivity contribution in [3.63, 3.8) is 0 Å². The lowest BCUT2D eigenvalue weighted by molar-refractivity contribution is -0.131. The zero-order valence-electron chi connectivity index (χ0n) is 24.0. The second-order valence-electron chi connectivity index (χ2n) is 11.3. The van der Waals surface area contributed by atoms with Gasteiger partial charge in [-0.1, -0.05) is 134 Å². The lowest BCUT2D eigenvalue weighted by Gasteiger charge is -2.34. The van der Waals surface area contributed by atoms with Crippen LogP contribution in [0.2, 0.25) is 0 Å². The van der Waals surface area contributed by atoms with Gasteiger partial charge in [-0.3, -0.25) is 4.79 Å². The molecule has 0 aliphatic rings. The van der Waals surface area contributed by atoms with E-state index in [1.54, 1.807) is 0 Å². The van der Waals surface area contributed by atoms with Crippen LogP contribution < -0.4 is 5.30 Å². The van der Waals surface area contributed by atoms with Crippen LogP contribution in [0, 0.1) is 11.8 Å². The highest BCUT2D eigenvalue weighted by atomic mass is 31.2. The molecule has 37 heavy (non-hydrogen) atoms. The molecule has 0 N–H and O–H groups in total. The quantitative estimate of drug-likeness (QED) is 0.154. The Morgan fingerprint density at radius 2 is 1.43 bits per heavy atom. The Hall–Kier alpha value is -2.12. The van der Waals surface area contributed by atoms with E-state index in [9.17, 15) is 4.79 Å². The van der Waals surface area contributed by atoms with Crippen molar-refractivity contribution in [3.05, 3.63) is 72.3 Å². The fourth-order valence-electron chi connectivity index (χ4n) is 5.05. The summed E-state index contributed by atoms with van der Waals surface area (Å²) in [6, 6.07) is 18.0. The molecule has 0 fully saturated rings. The lowest BCUT2D eigenvalue weighted by Crippen LogP contribution is -2.45. The Bertz CT molecular complexity index is 971. The summed E-state index contributed by atoms with van der Waals surface area (Å²) < 4.78 is 15.2. The number of nitrogens with zero attached hydrogens (tertiary/aromatic N) is 1. The van der Waals surface area contributed by atoms with Crippen LogP contribution in [0.4, 0.5) is 0 Å². The highest BCUT2D eigenvalue weighted by Crippen LogP contribution is 2.52. The van der Waals surface area contributed by atoms with E-state index in [0.717, 1.165) is 35.7 Å². The number of rotatable bonds is 17. The van der Waals surface area contributed by atoms with Gasteiger partial charge < -0.3 is 9.46 Å². The van der Waals surface area contributed by atoms with Gasteiger partial charge in [-0.25, -0.2) is 0 Å². The number of carbonyl (C=O) groups is 1. The Morgan fingerprint density at radius 3 is 1.97 bits per heavy atom. The van der Waals surface area contributed by atoms with E-state index in [1.165, 1.54) is 19.3 Å². The standard InChI is InChI=1S/C33H50NO2P/c1-7-9-10-11-12-16-23-37(36,31-17-14-13-15-18-31)32(24-30-21-19-29(8-2)20-22-30)33(35)34(25-27(3)4)26-28(5)6/h8,13-15,17-22,27-28,32H,2,7,9-12,16,23-26H2,1,3-6H3. The van der Waals surface area contributed by atoms with Gasteiger partial charge in [0, 0.05) is 24.6 Å². The second-order valence-corrected chi connectivity index (χ2v) is 14.5. The van der Waals surface area contributed by atoms with E-state index in [4.69, 9.17) is 0 Å². The Kier molecular flexibility index (Phi) is 13.4. The maximum absolute atomic E-state index is 15.2. The molecule has 2 rings (SSSR count). The molecule has 204 valence electrons. The maximum atomic E-state index is 15.2. The number of hydrogen-bond acceptors (Lipinski definition) is 2. The number of hydrogen-bond donors (Lipinski definition) is 0. The first-order valence-electron chi connectivity index (χ1n) is 14.4. The van der Waals surface area contributed by atoms with E-state index >= 15 is 4.57 Å². The molecular weight excluding hydrogens is 473 g/mol. The number of unbranched alkanes of at least 4 members (excludes halogenated alkanes) is 5. The van der Waals surface area contributed by atoms with Crippen molar-refractivity contribution in [3.8, 4) is 0 Å². The van der Waals surface area contributed by atoms with Crippen LogP contribution in [0.25, 0.3) is 6.08 Å². The minimum Gasteiger partial charge on any atom is -0.342 e. The van der Waals surface area contributed by atoms with Gasteiger partial charge in [0.15, 0.2) is 0 Å². The average Bonchev–Trinajstić information content (AvgIpc) is 2.88.